The van der Waals surface area contributed by atoms with E-state index >= 15 is 0 Å². The smallest absolute Gasteiger partial charge is 0.137 e. The van der Waals surface area contributed by atoms with Crippen molar-refractivity contribution in [3.63, 3.8) is 0 Å². The number of pyridine rings is 2. The molecule has 0 radical (unpaired) electrons. The van der Waals surface area contributed by atoms with Crippen LogP contribution in [0.1, 0.15) is 42.6 Å². The van der Waals surface area contributed by atoms with Gasteiger partial charge in [0.25, 0.3) is 0 Å². The second kappa shape index (κ2) is 8.19. The summed E-state index contributed by atoms with van der Waals surface area (Å²) >= 11 is 0. The van der Waals surface area contributed by atoms with Gasteiger partial charge in [0.05, 0.1) is 11.9 Å². The molecule has 1 atom stereocenters. The van der Waals surface area contributed by atoms with Crippen LogP contribution in [0.15, 0.2) is 49.1 Å². The number of nitrogens with zero attached hydrogens (tertiary/aromatic N) is 4. The van der Waals surface area contributed by atoms with Gasteiger partial charge in [0.2, 0.25) is 0 Å². The molecule has 0 spiro atoms. The predicted molar refractivity (Wildman–Crippen MR) is 107 cm³/mol. The Labute approximate surface area is 161 Å². The van der Waals surface area contributed by atoms with Crippen LogP contribution in [0.2, 0.25) is 0 Å². The molecule has 4 heterocycles. The fourth-order valence-electron chi connectivity index (χ4n) is 3.91. The van der Waals surface area contributed by atoms with E-state index in [0.717, 1.165) is 44.8 Å². The van der Waals surface area contributed by atoms with Crippen LogP contribution in [0.4, 0.5) is 0 Å². The van der Waals surface area contributed by atoms with Crippen molar-refractivity contribution in [2.24, 2.45) is 5.92 Å². The van der Waals surface area contributed by atoms with Crippen molar-refractivity contribution in [1.29, 1.82) is 0 Å². The van der Waals surface area contributed by atoms with Crippen molar-refractivity contribution in [3.8, 4) is 0 Å². The molecule has 1 aliphatic heterocycles. The van der Waals surface area contributed by atoms with Crippen LogP contribution < -0.4 is 0 Å². The molecule has 5 heteroatoms. The molecule has 0 aliphatic carbocycles. The van der Waals surface area contributed by atoms with Crippen LogP contribution in [0, 0.1) is 12.8 Å². The molecule has 5 nitrogen and oxygen atoms in total. The van der Waals surface area contributed by atoms with Crippen molar-refractivity contribution in [2.45, 2.75) is 39.3 Å². The number of ether oxygens (including phenoxy) is 1. The standard InChI is InChI=1S/C22H28N4O/c1-17-5-9-26-21(14-24-22(26)12-17)16-25(15-19-6-10-27-11-7-19)18(2)20-4-3-8-23-13-20/h3-5,8-9,12-14,18-19H,6-7,10-11,15-16H2,1-2H3. The fraction of sp³-hybridized carbons (Fsp3) is 0.455. The monoisotopic (exact) mass is 364 g/mol. The van der Waals surface area contributed by atoms with Gasteiger partial charge in [0.1, 0.15) is 5.65 Å². The maximum Gasteiger partial charge on any atom is 0.137 e. The summed E-state index contributed by atoms with van der Waals surface area (Å²) in [6.07, 6.45) is 10.3. The van der Waals surface area contributed by atoms with Gasteiger partial charge in [-0.25, -0.2) is 4.98 Å². The molecule has 3 aromatic rings. The van der Waals surface area contributed by atoms with Crippen molar-refractivity contribution in [1.82, 2.24) is 19.3 Å². The van der Waals surface area contributed by atoms with Crippen LogP contribution in [0.3, 0.4) is 0 Å². The van der Waals surface area contributed by atoms with Crippen molar-refractivity contribution in [3.05, 3.63) is 65.9 Å². The molecule has 27 heavy (non-hydrogen) atoms. The van der Waals surface area contributed by atoms with E-state index in [2.05, 4.69) is 57.5 Å². The third kappa shape index (κ3) is 4.20. The number of hydrogen-bond acceptors (Lipinski definition) is 4. The number of aryl methyl sites for hydroxylation is 1. The Hall–Kier alpha value is -2.24. The van der Waals surface area contributed by atoms with Gasteiger partial charge in [0, 0.05) is 50.9 Å². The van der Waals surface area contributed by atoms with Gasteiger partial charge in [-0.2, -0.15) is 0 Å². The highest BCUT2D eigenvalue weighted by molar-refractivity contribution is 5.42. The minimum absolute atomic E-state index is 0.303. The molecule has 0 amide bonds. The average Bonchev–Trinajstić information content (AvgIpc) is 3.10. The lowest BCUT2D eigenvalue weighted by Crippen LogP contribution is -2.34. The highest BCUT2D eigenvalue weighted by Gasteiger charge is 2.23. The van der Waals surface area contributed by atoms with Crippen molar-refractivity contribution >= 4 is 5.65 Å². The lowest BCUT2D eigenvalue weighted by atomic mass is 9.98. The largest absolute Gasteiger partial charge is 0.381 e. The van der Waals surface area contributed by atoms with E-state index in [1.54, 1.807) is 0 Å². The summed E-state index contributed by atoms with van der Waals surface area (Å²) in [5.41, 5.74) is 4.74. The molecule has 0 saturated carbocycles. The van der Waals surface area contributed by atoms with E-state index in [1.807, 2.05) is 24.7 Å². The summed E-state index contributed by atoms with van der Waals surface area (Å²) in [6.45, 7) is 8.10. The minimum atomic E-state index is 0.303. The van der Waals surface area contributed by atoms with Gasteiger partial charge < -0.3 is 9.14 Å². The second-order valence-electron chi connectivity index (χ2n) is 7.63. The normalized spacial score (nSPS) is 16.9. The molecular weight excluding hydrogens is 336 g/mol. The quantitative estimate of drug-likeness (QED) is 0.662. The fourth-order valence-corrected chi connectivity index (χ4v) is 3.91. The van der Waals surface area contributed by atoms with Crippen LogP contribution in [-0.4, -0.2) is 39.0 Å². The molecular formula is C22H28N4O. The Morgan fingerprint density at radius 2 is 2.11 bits per heavy atom. The molecule has 0 N–H and O–H groups in total. The highest BCUT2D eigenvalue weighted by Crippen LogP contribution is 2.26. The summed E-state index contributed by atoms with van der Waals surface area (Å²) in [7, 11) is 0. The predicted octanol–water partition coefficient (Wildman–Crippen LogP) is 4.03. The summed E-state index contributed by atoms with van der Waals surface area (Å²) in [6, 6.07) is 8.78. The van der Waals surface area contributed by atoms with Gasteiger partial charge in [-0.3, -0.25) is 9.88 Å². The van der Waals surface area contributed by atoms with E-state index in [1.165, 1.54) is 16.8 Å². The molecule has 1 aliphatic rings. The summed E-state index contributed by atoms with van der Waals surface area (Å²) in [5.74, 6) is 0.680. The molecule has 142 valence electrons. The first kappa shape index (κ1) is 18.1. The molecule has 0 aromatic carbocycles. The Balaban J connectivity index is 1.59. The number of aromatic nitrogens is 3. The van der Waals surface area contributed by atoms with Gasteiger partial charge in [0.15, 0.2) is 0 Å². The van der Waals surface area contributed by atoms with Gasteiger partial charge in [-0.15, -0.1) is 0 Å². The maximum atomic E-state index is 5.56. The number of imidazole rings is 1. The molecule has 1 saturated heterocycles. The highest BCUT2D eigenvalue weighted by atomic mass is 16.5. The molecule has 1 unspecified atom stereocenters. The van der Waals surface area contributed by atoms with Gasteiger partial charge in [-0.05, 0) is 61.9 Å². The zero-order valence-corrected chi connectivity index (χ0v) is 16.2. The molecule has 3 aromatic heterocycles. The number of fused-ring (bicyclic) bond motifs is 1. The lowest BCUT2D eigenvalue weighted by molar-refractivity contribution is 0.0443. The van der Waals surface area contributed by atoms with Crippen molar-refractivity contribution in [2.75, 3.05) is 19.8 Å². The van der Waals surface area contributed by atoms with E-state index in [4.69, 9.17) is 4.74 Å². The Bertz CT molecular complexity index is 870. The van der Waals surface area contributed by atoms with Crippen molar-refractivity contribution < 1.29 is 4.74 Å². The van der Waals surface area contributed by atoms with Crippen LogP contribution in [0.25, 0.3) is 5.65 Å². The van der Waals surface area contributed by atoms with Crippen LogP contribution in [0.5, 0.6) is 0 Å². The van der Waals surface area contributed by atoms with Gasteiger partial charge in [-0.1, -0.05) is 6.07 Å². The number of rotatable bonds is 6. The first-order chi connectivity index (χ1) is 13.2. The molecule has 1 fully saturated rings. The minimum Gasteiger partial charge on any atom is -0.381 e. The van der Waals surface area contributed by atoms with E-state index < -0.39 is 0 Å². The first-order valence-corrected chi connectivity index (χ1v) is 9.85. The maximum absolute atomic E-state index is 5.56. The average molecular weight is 364 g/mol. The Morgan fingerprint density at radius 3 is 2.89 bits per heavy atom. The summed E-state index contributed by atoms with van der Waals surface area (Å²) in [4.78, 5) is 11.5. The topological polar surface area (TPSA) is 42.7 Å². The first-order valence-electron chi connectivity index (χ1n) is 9.85. The SMILES string of the molecule is Cc1ccn2c(CN(CC3CCOCC3)C(C)c3cccnc3)cnc2c1. The molecule has 4 rings (SSSR count). The van der Waals surface area contributed by atoms with E-state index in [9.17, 15) is 0 Å². The van der Waals surface area contributed by atoms with E-state index in [-0.39, 0.29) is 0 Å². The summed E-state index contributed by atoms with van der Waals surface area (Å²) < 4.78 is 7.77. The van der Waals surface area contributed by atoms with Crippen LogP contribution >= 0.6 is 0 Å². The zero-order valence-electron chi connectivity index (χ0n) is 16.2. The zero-order chi connectivity index (χ0) is 18.6. The van der Waals surface area contributed by atoms with Gasteiger partial charge >= 0.3 is 0 Å². The molecule has 0 bridgehead atoms. The second-order valence-corrected chi connectivity index (χ2v) is 7.63. The lowest BCUT2D eigenvalue weighted by Gasteiger charge is -2.34. The van der Waals surface area contributed by atoms with Crippen LogP contribution in [-0.2, 0) is 11.3 Å². The summed E-state index contributed by atoms with van der Waals surface area (Å²) in [5, 5.41) is 0. The third-order valence-corrected chi connectivity index (χ3v) is 5.66. The number of hydrogen-bond donors (Lipinski definition) is 0. The Kier molecular flexibility index (Phi) is 5.50. The Morgan fingerprint density at radius 1 is 1.26 bits per heavy atom. The third-order valence-electron chi connectivity index (χ3n) is 5.66. The van der Waals surface area contributed by atoms with E-state index in [0.29, 0.717) is 12.0 Å².